The summed E-state index contributed by atoms with van der Waals surface area (Å²) < 4.78 is 0. The Labute approximate surface area is 205 Å². The van der Waals surface area contributed by atoms with Gasteiger partial charge in [0.1, 0.15) is 0 Å². The largest absolute Gasteiger partial charge is 0.478 e. The molecule has 0 saturated heterocycles. The van der Waals surface area contributed by atoms with Crippen molar-refractivity contribution < 1.29 is 14.7 Å². The highest BCUT2D eigenvalue weighted by atomic mass is 16.4. The molecule has 4 fully saturated rings. The number of hydrogen-bond acceptors (Lipinski definition) is 3. The Morgan fingerprint density at radius 1 is 0.686 bits per heavy atom. The maximum absolute atomic E-state index is 12.6. The summed E-state index contributed by atoms with van der Waals surface area (Å²) in [6, 6.07) is 22.7. The zero-order valence-electron chi connectivity index (χ0n) is 19.7. The van der Waals surface area contributed by atoms with Gasteiger partial charge >= 0.3 is 5.97 Å². The molecule has 0 atom stereocenters. The second-order valence-electron chi connectivity index (χ2n) is 10.8. The molecule has 35 heavy (non-hydrogen) atoms. The van der Waals surface area contributed by atoms with E-state index in [1.165, 1.54) is 56.2 Å². The number of carboxylic acids is 1. The van der Waals surface area contributed by atoms with Crippen molar-refractivity contribution >= 4 is 28.9 Å². The van der Waals surface area contributed by atoms with Crippen LogP contribution in [0.1, 0.15) is 64.8 Å². The van der Waals surface area contributed by atoms with E-state index in [-0.39, 0.29) is 11.1 Å². The fourth-order valence-corrected chi connectivity index (χ4v) is 7.24. The topological polar surface area (TPSA) is 78.4 Å². The van der Waals surface area contributed by atoms with E-state index in [4.69, 9.17) is 0 Å². The first-order valence-corrected chi connectivity index (χ1v) is 12.6. The Bertz CT molecular complexity index is 1230. The van der Waals surface area contributed by atoms with Gasteiger partial charge in [-0.25, -0.2) is 4.79 Å². The first-order valence-electron chi connectivity index (χ1n) is 12.6. The molecule has 0 radical (unpaired) electrons. The van der Waals surface area contributed by atoms with E-state index in [1.807, 2.05) is 24.3 Å². The van der Waals surface area contributed by atoms with Crippen molar-refractivity contribution in [3.63, 3.8) is 0 Å². The molecule has 4 aliphatic carbocycles. The molecule has 0 aromatic heterocycles. The zero-order valence-corrected chi connectivity index (χ0v) is 19.7. The Hall–Kier alpha value is -3.60. The molecule has 5 heteroatoms. The molecule has 4 aliphatic rings. The van der Waals surface area contributed by atoms with Crippen molar-refractivity contribution in [2.24, 2.45) is 17.8 Å². The predicted octanol–water partition coefficient (Wildman–Crippen LogP) is 6.85. The summed E-state index contributed by atoms with van der Waals surface area (Å²) >= 11 is 0. The van der Waals surface area contributed by atoms with Crippen LogP contribution in [0.2, 0.25) is 0 Å². The fourth-order valence-electron chi connectivity index (χ4n) is 7.24. The van der Waals surface area contributed by atoms with Crippen molar-refractivity contribution in [2.45, 2.75) is 43.9 Å². The predicted molar refractivity (Wildman–Crippen MR) is 137 cm³/mol. The molecular formula is C30H30N2O3. The van der Waals surface area contributed by atoms with Crippen molar-refractivity contribution in [2.75, 3.05) is 10.6 Å². The van der Waals surface area contributed by atoms with Crippen LogP contribution < -0.4 is 10.6 Å². The number of carbonyl (C=O) groups is 2. The summed E-state index contributed by atoms with van der Waals surface area (Å²) in [4.78, 5) is 24.0. The highest BCUT2D eigenvalue weighted by molar-refractivity contribution is 6.10. The van der Waals surface area contributed by atoms with E-state index in [1.54, 1.807) is 12.1 Å². The lowest BCUT2D eigenvalue weighted by atomic mass is 9.48. The van der Waals surface area contributed by atoms with Gasteiger partial charge in [-0.1, -0.05) is 24.3 Å². The fraction of sp³-hybridized carbons (Fsp3) is 0.333. The number of carbonyl (C=O) groups excluding carboxylic acids is 1. The molecule has 0 aliphatic heterocycles. The minimum absolute atomic E-state index is 0.0136. The highest BCUT2D eigenvalue weighted by Gasteiger charge is 2.51. The van der Waals surface area contributed by atoms with E-state index in [2.05, 4.69) is 34.9 Å². The van der Waals surface area contributed by atoms with Crippen molar-refractivity contribution in [3.8, 4) is 0 Å². The van der Waals surface area contributed by atoms with E-state index < -0.39 is 11.9 Å². The first-order chi connectivity index (χ1) is 17.0. The lowest BCUT2D eigenvalue weighted by Gasteiger charge is -2.57. The van der Waals surface area contributed by atoms with Crippen LogP contribution in [0.25, 0.3) is 0 Å². The Morgan fingerprint density at radius 3 is 1.71 bits per heavy atom. The molecule has 3 N–H and O–H groups in total. The van der Waals surface area contributed by atoms with Crippen LogP contribution in [-0.4, -0.2) is 17.0 Å². The number of rotatable bonds is 6. The van der Waals surface area contributed by atoms with Crippen molar-refractivity contribution in [1.82, 2.24) is 0 Å². The van der Waals surface area contributed by atoms with Gasteiger partial charge in [-0.2, -0.15) is 0 Å². The number of amides is 1. The molecule has 3 aromatic rings. The van der Waals surface area contributed by atoms with E-state index >= 15 is 0 Å². The number of benzene rings is 3. The minimum atomic E-state index is -1.12. The van der Waals surface area contributed by atoms with Crippen LogP contribution in [0.4, 0.5) is 17.1 Å². The molecule has 4 bridgehead atoms. The average Bonchev–Trinajstić information content (AvgIpc) is 2.85. The third-order valence-corrected chi connectivity index (χ3v) is 8.37. The van der Waals surface area contributed by atoms with Gasteiger partial charge in [0, 0.05) is 17.1 Å². The highest BCUT2D eigenvalue weighted by Crippen LogP contribution is 2.60. The molecular weight excluding hydrogens is 436 g/mol. The van der Waals surface area contributed by atoms with Gasteiger partial charge in [-0.05, 0) is 116 Å². The third kappa shape index (κ3) is 4.20. The smallest absolute Gasteiger partial charge is 0.336 e. The van der Waals surface area contributed by atoms with Gasteiger partial charge in [0.05, 0.1) is 11.1 Å². The molecule has 7 rings (SSSR count). The van der Waals surface area contributed by atoms with Crippen molar-refractivity contribution in [1.29, 1.82) is 0 Å². The molecule has 5 nitrogen and oxygen atoms in total. The summed E-state index contributed by atoms with van der Waals surface area (Å²) in [7, 11) is 0. The second kappa shape index (κ2) is 8.56. The monoisotopic (exact) mass is 466 g/mol. The number of carboxylic acid groups (broad SMARTS) is 1. The SMILES string of the molecule is O=C(O)c1ccccc1C(=O)Nc1ccc(Nc2ccc(C34CC5CC(CC(C5)C3)C4)cc2)cc1. The van der Waals surface area contributed by atoms with E-state index in [0.29, 0.717) is 11.1 Å². The third-order valence-electron chi connectivity index (χ3n) is 8.37. The molecule has 3 aromatic carbocycles. The van der Waals surface area contributed by atoms with Gasteiger partial charge in [0.25, 0.3) is 5.91 Å². The zero-order chi connectivity index (χ0) is 24.0. The van der Waals surface area contributed by atoms with Crippen LogP contribution in [0.15, 0.2) is 72.8 Å². The minimum Gasteiger partial charge on any atom is -0.478 e. The molecule has 0 heterocycles. The summed E-state index contributed by atoms with van der Waals surface area (Å²) in [5.41, 5.74) is 4.63. The van der Waals surface area contributed by atoms with Crippen molar-refractivity contribution in [3.05, 3.63) is 89.5 Å². The molecule has 0 spiro atoms. The Balaban J connectivity index is 1.11. The van der Waals surface area contributed by atoms with E-state index in [0.717, 1.165) is 29.1 Å². The van der Waals surface area contributed by atoms with Crippen LogP contribution in [0, 0.1) is 17.8 Å². The number of anilines is 3. The van der Waals surface area contributed by atoms with Gasteiger partial charge in [-0.15, -0.1) is 0 Å². The first kappa shape index (κ1) is 21.9. The lowest BCUT2D eigenvalue weighted by Crippen LogP contribution is -2.48. The molecule has 178 valence electrons. The van der Waals surface area contributed by atoms with Crippen LogP contribution in [0.3, 0.4) is 0 Å². The summed E-state index contributed by atoms with van der Waals surface area (Å²) in [5.74, 6) is 1.26. The van der Waals surface area contributed by atoms with Crippen LogP contribution in [0.5, 0.6) is 0 Å². The van der Waals surface area contributed by atoms with E-state index in [9.17, 15) is 14.7 Å². The summed E-state index contributed by atoms with van der Waals surface area (Å²) in [6.45, 7) is 0. The number of nitrogens with one attached hydrogen (secondary N) is 2. The molecule has 1 amide bonds. The van der Waals surface area contributed by atoms with Gasteiger partial charge in [0.2, 0.25) is 0 Å². The normalized spacial score (nSPS) is 26.3. The van der Waals surface area contributed by atoms with Crippen LogP contribution >= 0.6 is 0 Å². The van der Waals surface area contributed by atoms with Crippen LogP contribution in [-0.2, 0) is 5.41 Å². The maximum Gasteiger partial charge on any atom is 0.336 e. The molecule has 0 unspecified atom stereocenters. The summed E-state index contributed by atoms with van der Waals surface area (Å²) in [6.07, 6.45) is 8.49. The van der Waals surface area contributed by atoms with Gasteiger partial charge in [-0.3, -0.25) is 4.79 Å². The van der Waals surface area contributed by atoms with Gasteiger partial charge in [0.15, 0.2) is 0 Å². The lowest BCUT2D eigenvalue weighted by molar-refractivity contribution is -0.00518. The summed E-state index contributed by atoms with van der Waals surface area (Å²) in [5, 5.41) is 15.6. The maximum atomic E-state index is 12.6. The Kier molecular flexibility index (Phi) is 5.36. The quantitative estimate of drug-likeness (QED) is 0.371. The number of hydrogen-bond donors (Lipinski definition) is 3. The second-order valence-corrected chi connectivity index (χ2v) is 10.8. The van der Waals surface area contributed by atoms with Gasteiger partial charge < -0.3 is 15.7 Å². The Morgan fingerprint density at radius 2 is 1.17 bits per heavy atom. The molecule has 4 saturated carbocycles. The number of aromatic carboxylic acids is 1. The average molecular weight is 467 g/mol. The standard InChI is InChI=1S/C30H30N2O3/c33-28(26-3-1-2-4-27(26)29(34)35)32-25-11-9-24(10-12-25)31-23-7-5-22(6-8-23)30-16-19-13-20(17-30)15-21(14-19)18-30/h1-12,19-21,31H,13-18H2,(H,32,33)(H,34,35).